The Morgan fingerprint density at radius 1 is 1.11 bits per heavy atom. The van der Waals surface area contributed by atoms with E-state index < -0.39 is 5.60 Å². The molecule has 1 unspecified atom stereocenters. The Hall–Kier alpha value is -2.46. The number of ketones is 1. The molecule has 1 N–H and O–H groups in total. The van der Waals surface area contributed by atoms with Crippen LogP contribution in [-0.4, -0.2) is 23.3 Å². The number of para-hydroxylation sites is 1. The van der Waals surface area contributed by atoms with Crippen LogP contribution in [0.3, 0.4) is 0 Å². The highest BCUT2D eigenvalue weighted by Crippen LogP contribution is 2.43. The Kier molecular flexibility index (Phi) is 5.07. The van der Waals surface area contributed by atoms with Gasteiger partial charge in [-0.2, -0.15) is 0 Å². The maximum absolute atomic E-state index is 13.1. The Balaban J connectivity index is 1.63. The molecule has 1 amide bonds. The van der Waals surface area contributed by atoms with Gasteiger partial charge in [0.05, 0.1) is 12.1 Å². The van der Waals surface area contributed by atoms with E-state index in [9.17, 15) is 14.7 Å². The molecule has 0 saturated heterocycles. The average molecular weight is 377 g/mol. The summed E-state index contributed by atoms with van der Waals surface area (Å²) in [4.78, 5) is 27.8. The maximum atomic E-state index is 13.1. The zero-order chi connectivity index (χ0) is 19.7. The number of benzene rings is 2. The second-order valence-electron chi connectivity index (χ2n) is 7.98. The fourth-order valence-corrected chi connectivity index (χ4v) is 4.46. The lowest BCUT2D eigenvalue weighted by Crippen LogP contribution is -2.42. The minimum atomic E-state index is -1.78. The van der Waals surface area contributed by atoms with E-state index in [2.05, 4.69) is 6.92 Å². The maximum Gasteiger partial charge on any atom is 0.264 e. The number of amides is 1. The summed E-state index contributed by atoms with van der Waals surface area (Å²) in [6.07, 6.45) is 5.99. The molecular formula is C24H27NO3. The van der Waals surface area contributed by atoms with Gasteiger partial charge in [-0.1, -0.05) is 43.7 Å². The molecule has 1 atom stereocenters. The van der Waals surface area contributed by atoms with Crippen molar-refractivity contribution in [2.45, 2.75) is 57.5 Å². The summed E-state index contributed by atoms with van der Waals surface area (Å²) < 4.78 is 0. The second-order valence-corrected chi connectivity index (χ2v) is 7.98. The first-order valence-corrected chi connectivity index (χ1v) is 10.3. The normalized spacial score (nSPS) is 20.8. The molecule has 28 heavy (non-hydrogen) atoms. The number of hydrogen-bond acceptors (Lipinski definition) is 3. The Morgan fingerprint density at radius 2 is 1.86 bits per heavy atom. The van der Waals surface area contributed by atoms with Crippen LogP contribution in [0.15, 0.2) is 42.5 Å². The predicted octanol–water partition coefficient (Wildman–Crippen LogP) is 4.17. The number of Topliss-reactive ketones (excluding diaryl/α,β-unsaturated/α-hetero) is 1. The number of anilines is 1. The lowest BCUT2D eigenvalue weighted by Gasteiger charge is -2.23. The highest BCUT2D eigenvalue weighted by atomic mass is 16.3. The van der Waals surface area contributed by atoms with Gasteiger partial charge in [0.1, 0.15) is 0 Å². The Labute approximate surface area is 166 Å². The fraction of sp³-hybridized carbons (Fsp3) is 0.417. The lowest BCUT2D eigenvalue weighted by atomic mass is 9.85. The lowest BCUT2D eigenvalue weighted by molar-refractivity contribution is -0.135. The molecule has 2 aliphatic rings. The number of carbonyl (C=O) groups excluding carboxylic acids is 2. The summed E-state index contributed by atoms with van der Waals surface area (Å²) in [7, 11) is 0. The van der Waals surface area contributed by atoms with E-state index in [4.69, 9.17) is 0 Å². The molecule has 146 valence electrons. The largest absolute Gasteiger partial charge is 0.375 e. The van der Waals surface area contributed by atoms with E-state index in [1.165, 1.54) is 17.5 Å². The van der Waals surface area contributed by atoms with Crippen LogP contribution in [0.5, 0.6) is 0 Å². The number of aryl methyl sites for hydroxylation is 2. The van der Waals surface area contributed by atoms with Crippen LogP contribution in [0.25, 0.3) is 0 Å². The van der Waals surface area contributed by atoms with Crippen molar-refractivity contribution in [3.8, 4) is 0 Å². The standard InChI is InChI=1S/C24H27NO3/c1-2-3-14-25-21-11-7-6-10-20(21)24(28,23(25)27)16-22(26)19-13-12-17-8-4-5-9-18(17)15-19/h6-7,10-13,15,28H,2-5,8-9,14,16H2,1H3. The Bertz CT molecular complexity index is 920. The van der Waals surface area contributed by atoms with Gasteiger partial charge in [0, 0.05) is 17.7 Å². The van der Waals surface area contributed by atoms with Crippen molar-refractivity contribution in [3.05, 3.63) is 64.7 Å². The molecule has 0 saturated carbocycles. The van der Waals surface area contributed by atoms with Crippen LogP contribution >= 0.6 is 0 Å². The van der Waals surface area contributed by atoms with Crippen molar-refractivity contribution in [3.63, 3.8) is 0 Å². The molecule has 4 heteroatoms. The van der Waals surface area contributed by atoms with Gasteiger partial charge in [-0.05, 0) is 55.4 Å². The minimum absolute atomic E-state index is 0.184. The zero-order valence-corrected chi connectivity index (χ0v) is 16.4. The number of unbranched alkanes of at least 4 members (excludes halogenated alkanes) is 1. The topological polar surface area (TPSA) is 57.6 Å². The van der Waals surface area contributed by atoms with Crippen LogP contribution in [0.1, 0.15) is 66.1 Å². The van der Waals surface area contributed by atoms with Gasteiger partial charge >= 0.3 is 0 Å². The van der Waals surface area contributed by atoms with Gasteiger partial charge in [0.2, 0.25) is 0 Å². The van der Waals surface area contributed by atoms with Crippen molar-refractivity contribution in [2.24, 2.45) is 0 Å². The fourth-order valence-electron chi connectivity index (χ4n) is 4.46. The predicted molar refractivity (Wildman–Crippen MR) is 110 cm³/mol. The van der Waals surface area contributed by atoms with E-state index in [0.717, 1.165) is 37.8 Å². The number of nitrogens with zero attached hydrogens (tertiary/aromatic N) is 1. The zero-order valence-electron chi connectivity index (χ0n) is 16.4. The third-order valence-electron chi connectivity index (χ3n) is 6.06. The van der Waals surface area contributed by atoms with Crippen molar-refractivity contribution < 1.29 is 14.7 Å². The molecule has 2 aromatic rings. The Morgan fingerprint density at radius 3 is 2.64 bits per heavy atom. The van der Waals surface area contributed by atoms with E-state index in [0.29, 0.717) is 17.7 Å². The monoisotopic (exact) mass is 377 g/mol. The van der Waals surface area contributed by atoms with E-state index >= 15 is 0 Å². The van der Waals surface area contributed by atoms with Gasteiger partial charge < -0.3 is 10.0 Å². The van der Waals surface area contributed by atoms with Gasteiger partial charge in [-0.3, -0.25) is 9.59 Å². The highest BCUT2D eigenvalue weighted by Gasteiger charge is 2.50. The number of carbonyl (C=O) groups is 2. The van der Waals surface area contributed by atoms with Gasteiger partial charge in [-0.25, -0.2) is 0 Å². The van der Waals surface area contributed by atoms with Crippen LogP contribution in [-0.2, 0) is 23.2 Å². The quantitative estimate of drug-likeness (QED) is 0.769. The summed E-state index contributed by atoms with van der Waals surface area (Å²) in [5, 5.41) is 11.3. The number of hydrogen-bond donors (Lipinski definition) is 1. The first-order valence-electron chi connectivity index (χ1n) is 10.3. The molecule has 1 heterocycles. The van der Waals surface area contributed by atoms with Gasteiger partial charge in [-0.15, -0.1) is 0 Å². The summed E-state index contributed by atoms with van der Waals surface area (Å²) in [5.41, 5.74) is 2.62. The summed E-state index contributed by atoms with van der Waals surface area (Å²) in [6.45, 7) is 2.62. The minimum Gasteiger partial charge on any atom is -0.375 e. The number of aliphatic hydroxyl groups is 1. The van der Waals surface area contributed by atoms with Crippen molar-refractivity contribution >= 4 is 17.4 Å². The average Bonchev–Trinajstić information content (AvgIpc) is 2.93. The summed E-state index contributed by atoms with van der Waals surface area (Å²) >= 11 is 0. The van der Waals surface area contributed by atoms with Crippen LogP contribution in [0.4, 0.5) is 5.69 Å². The molecule has 2 aromatic carbocycles. The molecule has 4 nitrogen and oxygen atoms in total. The van der Waals surface area contributed by atoms with Gasteiger partial charge in [0.25, 0.3) is 5.91 Å². The highest BCUT2D eigenvalue weighted by molar-refractivity contribution is 6.10. The van der Waals surface area contributed by atoms with E-state index in [1.54, 1.807) is 11.0 Å². The second kappa shape index (κ2) is 7.51. The van der Waals surface area contributed by atoms with Crippen LogP contribution in [0, 0.1) is 0 Å². The smallest absolute Gasteiger partial charge is 0.264 e. The van der Waals surface area contributed by atoms with E-state index in [1.807, 2.05) is 36.4 Å². The molecule has 0 bridgehead atoms. The molecule has 1 aliphatic carbocycles. The molecule has 0 radical (unpaired) electrons. The molecule has 0 fully saturated rings. The molecule has 4 rings (SSSR count). The summed E-state index contributed by atoms with van der Waals surface area (Å²) in [6, 6.07) is 13.1. The molecular weight excluding hydrogens is 350 g/mol. The first-order chi connectivity index (χ1) is 13.5. The van der Waals surface area contributed by atoms with Crippen LogP contribution < -0.4 is 4.90 Å². The third-order valence-corrected chi connectivity index (χ3v) is 6.06. The number of rotatable bonds is 6. The molecule has 0 spiro atoms. The van der Waals surface area contributed by atoms with Gasteiger partial charge in [0.15, 0.2) is 11.4 Å². The molecule has 0 aromatic heterocycles. The SMILES string of the molecule is CCCCN1C(=O)C(O)(CC(=O)c2ccc3c(c2)CCCC3)c2ccccc21. The molecule has 1 aliphatic heterocycles. The number of fused-ring (bicyclic) bond motifs is 2. The summed E-state index contributed by atoms with van der Waals surface area (Å²) in [5.74, 6) is -0.565. The van der Waals surface area contributed by atoms with Crippen LogP contribution in [0.2, 0.25) is 0 Å². The van der Waals surface area contributed by atoms with Crippen molar-refractivity contribution in [1.82, 2.24) is 0 Å². The third kappa shape index (κ3) is 3.16. The van der Waals surface area contributed by atoms with Crippen molar-refractivity contribution in [1.29, 1.82) is 0 Å². The first kappa shape index (κ1) is 18.9. The van der Waals surface area contributed by atoms with Crippen molar-refractivity contribution in [2.75, 3.05) is 11.4 Å². The van der Waals surface area contributed by atoms with E-state index in [-0.39, 0.29) is 18.1 Å².